The highest BCUT2D eigenvalue weighted by Gasteiger charge is 2.40. The number of pyridine rings is 1. The number of carboxylic acid groups (broad SMARTS) is 1. The molecule has 1 aromatic heterocycles. The molecule has 2 heterocycles. The van der Waals surface area contributed by atoms with Gasteiger partial charge in [0, 0.05) is 23.5 Å². The minimum absolute atomic E-state index is 0.0327. The van der Waals surface area contributed by atoms with Gasteiger partial charge in [0.25, 0.3) is 0 Å². The van der Waals surface area contributed by atoms with Gasteiger partial charge in [-0.3, -0.25) is 9.59 Å². The van der Waals surface area contributed by atoms with Crippen LogP contribution in [0.4, 0.5) is 13.2 Å². The van der Waals surface area contributed by atoms with E-state index in [0.29, 0.717) is 12.5 Å². The van der Waals surface area contributed by atoms with Gasteiger partial charge < -0.3 is 10.1 Å². The van der Waals surface area contributed by atoms with Crippen LogP contribution in [-0.2, 0) is 21.0 Å². The summed E-state index contributed by atoms with van der Waals surface area (Å²) in [6, 6.07) is 2.01. The fourth-order valence-corrected chi connectivity index (χ4v) is 4.72. The summed E-state index contributed by atoms with van der Waals surface area (Å²) < 4.78 is 65.8. The molecule has 1 saturated heterocycles. The van der Waals surface area contributed by atoms with E-state index >= 15 is 0 Å². The maximum absolute atomic E-state index is 13.2. The van der Waals surface area contributed by atoms with Crippen LogP contribution in [0.3, 0.4) is 0 Å². The third-order valence-corrected chi connectivity index (χ3v) is 6.12. The molecule has 3 rings (SSSR count). The number of rotatable bonds is 3. The number of carbonyl (C=O) groups is 1. The Hall–Kier alpha value is -2.40. The van der Waals surface area contributed by atoms with E-state index in [2.05, 4.69) is 4.98 Å². The molecule has 0 amide bonds. The van der Waals surface area contributed by atoms with Crippen LogP contribution in [-0.4, -0.2) is 41.4 Å². The summed E-state index contributed by atoms with van der Waals surface area (Å²) in [6.07, 6.45) is -4.39. The van der Waals surface area contributed by atoms with Gasteiger partial charge in [0.15, 0.2) is 0 Å². The molecule has 11 heteroatoms. The molecule has 0 spiro atoms. The van der Waals surface area contributed by atoms with Gasteiger partial charge in [0.05, 0.1) is 10.5 Å². The third kappa shape index (κ3) is 3.07. The summed E-state index contributed by atoms with van der Waals surface area (Å²) in [5.41, 5.74) is -2.39. The predicted octanol–water partition coefficient (Wildman–Crippen LogP) is 1.78. The normalized spacial score (nSPS) is 19.1. The number of aliphatic carboxylic acids is 1. The maximum atomic E-state index is 13.2. The minimum Gasteiger partial charge on any atom is -0.480 e. The second kappa shape index (κ2) is 6.09. The van der Waals surface area contributed by atoms with Gasteiger partial charge in [-0.25, -0.2) is 8.42 Å². The highest BCUT2D eigenvalue weighted by atomic mass is 32.2. The number of nitrogens with zero attached hydrogens (tertiary/aromatic N) is 1. The first-order chi connectivity index (χ1) is 12.0. The first-order valence-electron chi connectivity index (χ1n) is 7.51. The highest BCUT2D eigenvalue weighted by molar-refractivity contribution is 7.89. The molecule has 7 nitrogen and oxygen atoms in total. The van der Waals surface area contributed by atoms with E-state index in [-0.39, 0.29) is 18.5 Å². The van der Waals surface area contributed by atoms with E-state index in [9.17, 15) is 31.2 Å². The molecule has 0 bridgehead atoms. The van der Waals surface area contributed by atoms with Crippen molar-refractivity contribution >= 4 is 26.9 Å². The third-order valence-electron chi connectivity index (χ3n) is 4.22. The van der Waals surface area contributed by atoms with Gasteiger partial charge in [-0.1, -0.05) is 0 Å². The van der Waals surface area contributed by atoms with Gasteiger partial charge in [-0.05, 0) is 31.0 Å². The summed E-state index contributed by atoms with van der Waals surface area (Å²) in [7, 11) is -4.30. The Bertz CT molecular complexity index is 1050. The van der Waals surface area contributed by atoms with Crippen LogP contribution in [0, 0.1) is 0 Å². The number of hydrogen-bond donors (Lipinski definition) is 2. The van der Waals surface area contributed by atoms with Crippen molar-refractivity contribution in [1.29, 1.82) is 0 Å². The molecule has 2 N–H and O–H groups in total. The Morgan fingerprint density at radius 3 is 2.58 bits per heavy atom. The molecule has 1 fully saturated rings. The molecule has 1 atom stereocenters. The van der Waals surface area contributed by atoms with Crippen molar-refractivity contribution < 1.29 is 31.5 Å². The fraction of sp³-hybridized carbons (Fsp3) is 0.333. The Labute approximate surface area is 145 Å². The van der Waals surface area contributed by atoms with Crippen LogP contribution < -0.4 is 5.56 Å². The maximum Gasteiger partial charge on any atom is 0.417 e. The number of carboxylic acids is 1. The number of aromatic amines is 1. The fourth-order valence-electron chi connectivity index (χ4n) is 3.04. The molecule has 140 valence electrons. The molecule has 0 saturated carbocycles. The van der Waals surface area contributed by atoms with E-state index in [1.165, 1.54) is 0 Å². The molecular formula is C15H13F3N2O5S. The van der Waals surface area contributed by atoms with Crippen molar-refractivity contribution in [2.75, 3.05) is 6.54 Å². The van der Waals surface area contributed by atoms with Gasteiger partial charge in [-0.2, -0.15) is 17.5 Å². The largest absolute Gasteiger partial charge is 0.480 e. The lowest BCUT2D eigenvalue weighted by molar-refractivity contribution is -0.140. The number of alkyl halides is 3. The first-order valence-corrected chi connectivity index (χ1v) is 8.95. The van der Waals surface area contributed by atoms with Crippen LogP contribution in [0.25, 0.3) is 10.9 Å². The Morgan fingerprint density at radius 1 is 1.27 bits per heavy atom. The molecule has 0 radical (unpaired) electrons. The summed E-state index contributed by atoms with van der Waals surface area (Å²) in [5, 5.41) is 8.67. The molecular weight excluding hydrogens is 377 g/mol. The van der Waals surface area contributed by atoms with Crippen molar-refractivity contribution in [1.82, 2.24) is 9.29 Å². The second-order valence-electron chi connectivity index (χ2n) is 5.86. The van der Waals surface area contributed by atoms with Crippen LogP contribution in [0.5, 0.6) is 0 Å². The lowest BCUT2D eigenvalue weighted by Gasteiger charge is -2.21. The van der Waals surface area contributed by atoms with E-state index in [1.54, 1.807) is 0 Å². The standard InChI is InChI=1S/C15H13F3N2O5S/c16-15(17,18)10-7-13(21)19-11-4-3-8(6-9(10)11)26(24,25)20-5-1-2-12(20)14(22)23/h3-4,6-7,12H,1-2,5H2,(H,19,21)(H,22,23). The summed E-state index contributed by atoms with van der Waals surface area (Å²) >= 11 is 0. The Balaban J connectivity index is 2.19. The topological polar surface area (TPSA) is 108 Å². The van der Waals surface area contributed by atoms with Crippen molar-refractivity contribution in [2.24, 2.45) is 0 Å². The SMILES string of the molecule is O=C(O)C1CCCN1S(=O)(=O)c1ccc2[nH]c(=O)cc(C(F)(F)F)c2c1. The lowest BCUT2D eigenvalue weighted by Crippen LogP contribution is -2.40. The molecule has 0 aliphatic carbocycles. The zero-order valence-electron chi connectivity index (χ0n) is 13.1. The number of H-pyrrole nitrogens is 1. The summed E-state index contributed by atoms with van der Waals surface area (Å²) in [4.78, 5) is 24.4. The van der Waals surface area contributed by atoms with Crippen LogP contribution in [0.15, 0.2) is 34.0 Å². The number of sulfonamides is 1. The van der Waals surface area contributed by atoms with Crippen molar-refractivity contribution in [3.05, 3.63) is 40.2 Å². The zero-order valence-corrected chi connectivity index (χ0v) is 13.9. The van der Waals surface area contributed by atoms with Crippen molar-refractivity contribution in [3.63, 3.8) is 0 Å². The molecule has 2 aromatic rings. The first kappa shape index (κ1) is 18.4. The number of hydrogen-bond acceptors (Lipinski definition) is 4. The number of fused-ring (bicyclic) bond motifs is 1. The van der Waals surface area contributed by atoms with Crippen molar-refractivity contribution in [2.45, 2.75) is 30.0 Å². The summed E-state index contributed by atoms with van der Waals surface area (Å²) in [6.45, 7) is -0.0327. The molecule has 1 aromatic carbocycles. The predicted molar refractivity (Wildman–Crippen MR) is 84.1 cm³/mol. The second-order valence-corrected chi connectivity index (χ2v) is 7.75. The average Bonchev–Trinajstić information content (AvgIpc) is 3.03. The molecule has 26 heavy (non-hydrogen) atoms. The Morgan fingerprint density at radius 2 is 1.96 bits per heavy atom. The van der Waals surface area contributed by atoms with E-state index in [4.69, 9.17) is 5.11 Å². The number of halogens is 3. The zero-order chi connectivity index (χ0) is 19.3. The Kier molecular flexibility index (Phi) is 4.31. The van der Waals surface area contributed by atoms with E-state index < -0.39 is 49.6 Å². The van der Waals surface area contributed by atoms with Crippen LogP contribution in [0.1, 0.15) is 18.4 Å². The minimum atomic E-state index is -4.86. The van der Waals surface area contributed by atoms with E-state index in [0.717, 1.165) is 22.5 Å². The van der Waals surface area contributed by atoms with Gasteiger partial charge in [0.1, 0.15) is 6.04 Å². The van der Waals surface area contributed by atoms with Crippen molar-refractivity contribution in [3.8, 4) is 0 Å². The molecule has 1 aliphatic rings. The van der Waals surface area contributed by atoms with Crippen LogP contribution in [0.2, 0.25) is 0 Å². The number of aromatic nitrogens is 1. The monoisotopic (exact) mass is 390 g/mol. The number of nitrogens with one attached hydrogen (secondary N) is 1. The van der Waals surface area contributed by atoms with Gasteiger partial charge in [-0.15, -0.1) is 0 Å². The highest BCUT2D eigenvalue weighted by Crippen LogP contribution is 2.35. The quantitative estimate of drug-likeness (QED) is 0.831. The molecule has 1 unspecified atom stereocenters. The van der Waals surface area contributed by atoms with Gasteiger partial charge in [0.2, 0.25) is 15.6 Å². The summed E-state index contributed by atoms with van der Waals surface area (Å²) in [5.74, 6) is -1.31. The van der Waals surface area contributed by atoms with Crippen LogP contribution >= 0.6 is 0 Å². The van der Waals surface area contributed by atoms with Gasteiger partial charge >= 0.3 is 12.1 Å². The smallest absolute Gasteiger partial charge is 0.417 e. The number of benzene rings is 1. The lowest BCUT2D eigenvalue weighted by atomic mass is 10.1. The van der Waals surface area contributed by atoms with E-state index in [1.807, 2.05) is 0 Å². The average molecular weight is 390 g/mol. The molecule has 1 aliphatic heterocycles.